The first kappa shape index (κ1) is 51.6. The van der Waals surface area contributed by atoms with Crippen LogP contribution in [0.25, 0.3) is 0 Å². The monoisotopic (exact) mass is 726 g/mol. The summed E-state index contributed by atoms with van der Waals surface area (Å²) in [6, 6.07) is -1.29. The zero-order valence-corrected chi connectivity index (χ0v) is 34.4. The molecule has 0 aromatic heterocycles. The molecule has 0 aliphatic rings. The van der Waals surface area contributed by atoms with Crippen molar-refractivity contribution in [1.82, 2.24) is 0 Å². The first-order valence-corrected chi connectivity index (χ1v) is 22.1. The van der Waals surface area contributed by atoms with Crippen molar-refractivity contribution < 1.29 is 29.3 Å². The van der Waals surface area contributed by atoms with Crippen LogP contribution in [0.3, 0.4) is 0 Å². The molecule has 7 heteroatoms. The van der Waals surface area contributed by atoms with Crippen LogP contribution in [-0.2, 0) is 19.1 Å². The molecule has 0 amide bonds. The molecule has 0 aliphatic carbocycles. The number of nitrogens with two attached hydrogens (primary N) is 1. The number of unbranched alkanes of at least 4 members (excludes halogenated alkanes) is 26. The van der Waals surface area contributed by atoms with E-state index in [0.29, 0.717) is 6.42 Å². The molecular weight excluding hydrogens is 638 g/mol. The maximum Gasteiger partial charge on any atom is 0.331 e. The van der Waals surface area contributed by atoms with Crippen molar-refractivity contribution in [2.45, 2.75) is 264 Å². The fourth-order valence-corrected chi connectivity index (χ4v) is 6.70. The van der Waals surface area contributed by atoms with Crippen LogP contribution in [0.5, 0.6) is 0 Å². The Hall–Kier alpha value is -1.47. The van der Waals surface area contributed by atoms with Crippen molar-refractivity contribution in [2.24, 2.45) is 5.73 Å². The van der Waals surface area contributed by atoms with Crippen LogP contribution in [0.15, 0.2) is 0 Å². The number of esters is 2. The summed E-state index contributed by atoms with van der Waals surface area (Å²) in [5.41, 5.74) is 4.94. The molecule has 7 nitrogen and oxygen atoms in total. The highest BCUT2D eigenvalue weighted by atomic mass is 16.6. The van der Waals surface area contributed by atoms with Gasteiger partial charge in [0.1, 0.15) is 6.04 Å². The smallest absolute Gasteiger partial charge is 0.331 e. The van der Waals surface area contributed by atoms with Crippen molar-refractivity contribution in [3.8, 4) is 0 Å². The number of carboxylic acid groups (broad SMARTS) is 1. The Balaban J connectivity index is 0. The standard InChI is InChI=1S/C28H58O.C16H29NO5/c1-4-7-10-13-16-17-18-21-24-27-28(29,25-22-19-14-11-8-5-2)26-23-20-15-12-9-6-3;1-2-3-4-5-6-7-8-9-10-11-15(20)22-16(21)13(17)12-14(18)19/h29H,4-27H2,1-3H3;13H,2-12,17H2,1H3,(H,18,19). The maximum atomic E-state index is 11.4. The van der Waals surface area contributed by atoms with Crippen LogP contribution in [-0.4, -0.2) is 39.8 Å². The summed E-state index contributed by atoms with van der Waals surface area (Å²) >= 11 is 0. The fraction of sp³-hybridized carbons (Fsp3) is 0.932. The largest absolute Gasteiger partial charge is 0.481 e. The van der Waals surface area contributed by atoms with Crippen molar-refractivity contribution in [3.63, 3.8) is 0 Å². The van der Waals surface area contributed by atoms with Gasteiger partial charge in [0.2, 0.25) is 0 Å². The van der Waals surface area contributed by atoms with Gasteiger partial charge in [-0.3, -0.25) is 9.59 Å². The Morgan fingerprint density at radius 3 is 1.06 bits per heavy atom. The second-order valence-corrected chi connectivity index (χ2v) is 15.4. The van der Waals surface area contributed by atoms with Crippen molar-refractivity contribution in [1.29, 1.82) is 0 Å². The predicted molar refractivity (Wildman–Crippen MR) is 216 cm³/mol. The van der Waals surface area contributed by atoms with E-state index in [1.54, 1.807) is 0 Å². The Labute approximate surface area is 316 Å². The quantitative estimate of drug-likeness (QED) is 0.0330. The van der Waals surface area contributed by atoms with Gasteiger partial charge in [-0.05, 0) is 25.7 Å². The zero-order chi connectivity index (χ0) is 38.3. The fourth-order valence-electron chi connectivity index (χ4n) is 6.70. The van der Waals surface area contributed by atoms with Crippen LogP contribution in [0, 0.1) is 0 Å². The highest BCUT2D eigenvalue weighted by molar-refractivity contribution is 5.90. The summed E-state index contributed by atoms with van der Waals surface area (Å²) in [5, 5.41) is 19.8. The summed E-state index contributed by atoms with van der Waals surface area (Å²) in [6.07, 6.45) is 41.3. The van der Waals surface area contributed by atoms with Crippen LogP contribution < -0.4 is 5.73 Å². The minimum atomic E-state index is -1.29. The number of aliphatic carboxylic acids is 1. The van der Waals surface area contributed by atoms with Gasteiger partial charge in [0.05, 0.1) is 12.0 Å². The molecule has 0 spiro atoms. The van der Waals surface area contributed by atoms with Crippen molar-refractivity contribution in [2.75, 3.05) is 0 Å². The molecule has 0 aromatic carbocycles. The van der Waals surface area contributed by atoms with Gasteiger partial charge in [-0.2, -0.15) is 0 Å². The summed E-state index contributed by atoms with van der Waals surface area (Å²) in [5.74, 6) is -2.80. The minimum Gasteiger partial charge on any atom is -0.481 e. The average Bonchev–Trinajstić information content (AvgIpc) is 3.10. The predicted octanol–water partition coefficient (Wildman–Crippen LogP) is 12.9. The molecular formula is C44H87NO6. The lowest BCUT2D eigenvalue weighted by atomic mass is 9.85. The molecule has 0 bridgehead atoms. The van der Waals surface area contributed by atoms with E-state index in [1.165, 1.54) is 173 Å². The van der Waals surface area contributed by atoms with E-state index in [2.05, 4.69) is 32.4 Å². The lowest BCUT2D eigenvalue weighted by molar-refractivity contribution is -0.162. The van der Waals surface area contributed by atoms with Gasteiger partial charge < -0.3 is 20.7 Å². The second kappa shape index (κ2) is 39.7. The minimum absolute atomic E-state index is 0.168. The number of ether oxygens (including phenoxy) is 1. The molecule has 0 fully saturated rings. The van der Waals surface area contributed by atoms with E-state index in [1.807, 2.05) is 0 Å². The molecule has 0 saturated carbocycles. The summed E-state index contributed by atoms with van der Waals surface area (Å²) in [7, 11) is 0. The number of carbonyl (C=O) groups excluding carboxylic acids is 2. The molecule has 4 N–H and O–H groups in total. The highest BCUT2D eigenvalue weighted by Crippen LogP contribution is 2.29. The summed E-state index contributed by atoms with van der Waals surface area (Å²) < 4.78 is 4.52. The van der Waals surface area contributed by atoms with E-state index in [4.69, 9.17) is 10.8 Å². The number of carboxylic acids is 1. The molecule has 0 aliphatic heterocycles. The molecule has 0 aromatic rings. The normalized spacial score (nSPS) is 12.0. The molecule has 0 radical (unpaired) electrons. The lowest BCUT2D eigenvalue weighted by Gasteiger charge is -2.29. The number of hydrogen-bond donors (Lipinski definition) is 3. The molecule has 1 atom stereocenters. The average molecular weight is 726 g/mol. The molecule has 304 valence electrons. The third-order valence-electron chi connectivity index (χ3n) is 10.1. The molecule has 0 heterocycles. The third-order valence-corrected chi connectivity index (χ3v) is 10.1. The summed E-state index contributed by atoms with van der Waals surface area (Å²) in [6.45, 7) is 9.05. The SMILES string of the molecule is CCCCCCCCCCCC(=O)OC(=O)C(N)CC(=O)O.CCCCCCCCCCCC(O)(CCCCCCCC)CCCCCCCC. The van der Waals surface area contributed by atoms with E-state index >= 15 is 0 Å². The summed E-state index contributed by atoms with van der Waals surface area (Å²) in [4.78, 5) is 33.1. The van der Waals surface area contributed by atoms with Crippen LogP contribution >= 0.6 is 0 Å². The number of rotatable bonds is 37. The van der Waals surface area contributed by atoms with Crippen LogP contribution in [0.2, 0.25) is 0 Å². The van der Waals surface area contributed by atoms with Crippen molar-refractivity contribution >= 4 is 17.9 Å². The highest BCUT2D eigenvalue weighted by Gasteiger charge is 2.25. The maximum absolute atomic E-state index is 11.4. The van der Waals surface area contributed by atoms with E-state index in [-0.39, 0.29) is 12.0 Å². The first-order valence-electron chi connectivity index (χ1n) is 22.1. The van der Waals surface area contributed by atoms with E-state index < -0.39 is 30.4 Å². The topological polar surface area (TPSA) is 127 Å². The van der Waals surface area contributed by atoms with Gasteiger partial charge in [-0.25, -0.2) is 4.79 Å². The van der Waals surface area contributed by atoms with Gasteiger partial charge >= 0.3 is 17.9 Å². The third kappa shape index (κ3) is 39.6. The second-order valence-electron chi connectivity index (χ2n) is 15.4. The van der Waals surface area contributed by atoms with Gasteiger partial charge in [-0.15, -0.1) is 0 Å². The Bertz CT molecular complexity index is 757. The van der Waals surface area contributed by atoms with E-state index in [0.717, 1.165) is 32.1 Å². The molecule has 0 rings (SSSR count). The van der Waals surface area contributed by atoms with Gasteiger partial charge in [0, 0.05) is 6.42 Å². The Kier molecular flexibility index (Phi) is 40.2. The zero-order valence-electron chi connectivity index (χ0n) is 34.4. The first-order chi connectivity index (χ1) is 24.7. The number of carbonyl (C=O) groups is 3. The lowest BCUT2D eigenvalue weighted by Crippen LogP contribution is -2.35. The van der Waals surface area contributed by atoms with Gasteiger partial charge in [0.15, 0.2) is 0 Å². The van der Waals surface area contributed by atoms with Gasteiger partial charge in [-0.1, -0.05) is 214 Å². The molecule has 1 unspecified atom stereocenters. The molecule has 51 heavy (non-hydrogen) atoms. The van der Waals surface area contributed by atoms with Gasteiger partial charge in [0.25, 0.3) is 0 Å². The Morgan fingerprint density at radius 2 is 0.765 bits per heavy atom. The molecule has 0 saturated heterocycles. The Morgan fingerprint density at radius 1 is 0.490 bits per heavy atom. The van der Waals surface area contributed by atoms with Crippen molar-refractivity contribution in [3.05, 3.63) is 0 Å². The van der Waals surface area contributed by atoms with Crippen LogP contribution in [0.4, 0.5) is 0 Å². The number of aliphatic hydroxyl groups is 1. The van der Waals surface area contributed by atoms with E-state index in [9.17, 15) is 19.5 Å². The van der Waals surface area contributed by atoms with Crippen LogP contribution in [0.1, 0.15) is 252 Å². The number of hydrogen-bond acceptors (Lipinski definition) is 6.